The van der Waals surface area contributed by atoms with E-state index in [1.165, 1.54) is 0 Å². The number of fused-ring (bicyclic) bond motifs is 1. The third-order valence-corrected chi connectivity index (χ3v) is 4.61. The largest absolute Gasteiger partial charge is 0.454 e. The zero-order valence-corrected chi connectivity index (χ0v) is 14.8. The monoisotopic (exact) mass is 368 g/mol. The molecule has 0 radical (unpaired) electrons. The van der Waals surface area contributed by atoms with Gasteiger partial charge in [-0.2, -0.15) is 0 Å². The number of carbonyl (C=O) groups excluding carboxylic acids is 2. The SMILES string of the molecule is O=C1NCCN1CCN(Cc1ccc2c(c1)OCO2)C(=O)c1ccncc1. The van der Waals surface area contributed by atoms with Gasteiger partial charge in [0.05, 0.1) is 0 Å². The molecular weight excluding hydrogens is 348 g/mol. The Bertz CT molecular complexity index is 843. The van der Waals surface area contributed by atoms with Crippen molar-refractivity contribution in [2.45, 2.75) is 6.54 Å². The fourth-order valence-corrected chi connectivity index (χ4v) is 3.16. The first-order valence-corrected chi connectivity index (χ1v) is 8.81. The van der Waals surface area contributed by atoms with Gasteiger partial charge in [0.25, 0.3) is 5.91 Å². The molecule has 2 aliphatic heterocycles. The molecule has 2 aromatic rings. The number of nitrogens with one attached hydrogen (secondary N) is 1. The molecule has 8 heteroatoms. The minimum absolute atomic E-state index is 0.0885. The lowest BCUT2D eigenvalue weighted by Gasteiger charge is -2.25. The zero-order valence-electron chi connectivity index (χ0n) is 14.8. The first-order chi connectivity index (χ1) is 13.2. The highest BCUT2D eigenvalue weighted by Crippen LogP contribution is 2.32. The van der Waals surface area contributed by atoms with Crippen LogP contribution in [0.25, 0.3) is 0 Å². The summed E-state index contributed by atoms with van der Waals surface area (Å²) in [7, 11) is 0. The van der Waals surface area contributed by atoms with Crippen LogP contribution in [0.5, 0.6) is 11.5 Å². The second kappa shape index (κ2) is 7.53. The highest BCUT2D eigenvalue weighted by molar-refractivity contribution is 5.94. The summed E-state index contributed by atoms with van der Waals surface area (Å²) in [6, 6.07) is 8.95. The second-order valence-corrected chi connectivity index (χ2v) is 6.37. The van der Waals surface area contributed by atoms with Crippen LogP contribution in [0.3, 0.4) is 0 Å². The summed E-state index contributed by atoms with van der Waals surface area (Å²) in [5.41, 5.74) is 1.50. The molecule has 3 amide bonds. The van der Waals surface area contributed by atoms with E-state index in [1.807, 2.05) is 18.2 Å². The minimum atomic E-state index is -0.102. The number of nitrogens with zero attached hydrogens (tertiary/aromatic N) is 3. The topological polar surface area (TPSA) is 84.0 Å². The van der Waals surface area contributed by atoms with Crippen LogP contribution < -0.4 is 14.8 Å². The second-order valence-electron chi connectivity index (χ2n) is 6.37. The van der Waals surface area contributed by atoms with Crippen LogP contribution in [0.2, 0.25) is 0 Å². The molecule has 0 bridgehead atoms. The van der Waals surface area contributed by atoms with Gasteiger partial charge >= 0.3 is 6.03 Å². The van der Waals surface area contributed by atoms with Gasteiger partial charge in [-0.3, -0.25) is 9.78 Å². The molecule has 3 heterocycles. The van der Waals surface area contributed by atoms with Gasteiger partial charge in [0.2, 0.25) is 6.79 Å². The smallest absolute Gasteiger partial charge is 0.317 e. The predicted molar refractivity (Wildman–Crippen MR) is 96.5 cm³/mol. The Kier molecular flexibility index (Phi) is 4.78. The van der Waals surface area contributed by atoms with Crippen molar-refractivity contribution in [3.63, 3.8) is 0 Å². The molecule has 0 aliphatic carbocycles. The first kappa shape index (κ1) is 17.1. The number of urea groups is 1. The molecule has 0 atom stereocenters. The van der Waals surface area contributed by atoms with Crippen molar-refractivity contribution in [3.8, 4) is 11.5 Å². The van der Waals surface area contributed by atoms with Gasteiger partial charge in [-0.25, -0.2) is 4.79 Å². The van der Waals surface area contributed by atoms with Crippen molar-refractivity contribution >= 4 is 11.9 Å². The molecule has 0 saturated carbocycles. The maximum Gasteiger partial charge on any atom is 0.317 e. The fraction of sp³-hybridized carbons (Fsp3) is 0.316. The van der Waals surface area contributed by atoms with Crippen LogP contribution in [-0.2, 0) is 6.54 Å². The summed E-state index contributed by atoms with van der Waals surface area (Å²) in [6.45, 7) is 2.82. The van der Waals surface area contributed by atoms with Gasteiger partial charge in [-0.05, 0) is 29.8 Å². The average molecular weight is 368 g/mol. The Hall–Kier alpha value is -3.29. The summed E-state index contributed by atoms with van der Waals surface area (Å²) < 4.78 is 10.8. The Morgan fingerprint density at radius 2 is 2.00 bits per heavy atom. The van der Waals surface area contributed by atoms with Crippen molar-refractivity contribution < 1.29 is 19.1 Å². The van der Waals surface area contributed by atoms with Crippen LogP contribution in [0.4, 0.5) is 4.79 Å². The summed E-state index contributed by atoms with van der Waals surface area (Å²) in [5, 5.41) is 2.78. The molecule has 1 aromatic carbocycles. The molecule has 8 nitrogen and oxygen atoms in total. The molecule has 140 valence electrons. The minimum Gasteiger partial charge on any atom is -0.454 e. The van der Waals surface area contributed by atoms with Gasteiger partial charge in [0.1, 0.15) is 0 Å². The van der Waals surface area contributed by atoms with E-state index in [2.05, 4.69) is 10.3 Å². The van der Waals surface area contributed by atoms with Gasteiger partial charge in [0.15, 0.2) is 11.5 Å². The molecule has 4 rings (SSSR count). The quantitative estimate of drug-likeness (QED) is 0.835. The normalized spacial score (nSPS) is 15.0. The number of benzene rings is 1. The van der Waals surface area contributed by atoms with Crippen LogP contribution >= 0.6 is 0 Å². The fourth-order valence-electron chi connectivity index (χ4n) is 3.16. The van der Waals surface area contributed by atoms with E-state index in [-0.39, 0.29) is 18.7 Å². The summed E-state index contributed by atoms with van der Waals surface area (Å²) in [4.78, 5) is 32.2. The first-order valence-electron chi connectivity index (χ1n) is 8.81. The van der Waals surface area contributed by atoms with E-state index < -0.39 is 0 Å². The number of pyridine rings is 1. The molecule has 1 fully saturated rings. The van der Waals surface area contributed by atoms with Crippen LogP contribution in [0, 0.1) is 0 Å². The van der Waals surface area contributed by atoms with Crippen molar-refractivity contribution in [2.75, 3.05) is 33.0 Å². The number of carbonyl (C=O) groups is 2. The van der Waals surface area contributed by atoms with E-state index in [0.717, 1.165) is 5.56 Å². The lowest BCUT2D eigenvalue weighted by molar-refractivity contribution is 0.0730. The van der Waals surface area contributed by atoms with E-state index in [1.54, 1.807) is 34.3 Å². The van der Waals surface area contributed by atoms with Gasteiger partial charge in [0, 0.05) is 50.7 Å². The van der Waals surface area contributed by atoms with Crippen LogP contribution in [0.1, 0.15) is 15.9 Å². The van der Waals surface area contributed by atoms with Crippen LogP contribution in [0.15, 0.2) is 42.7 Å². The maximum absolute atomic E-state index is 13.0. The van der Waals surface area contributed by atoms with E-state index in [9.17, 15) is 9.59 Å². The van der Waals surface area contributed by atoms with Gasteiger partial charge in [-0.1, -0.05) is 6.07 Å². The zero-order chi connectivity index (χ0) is 18.6. The molecule has 1 aromatic heterocycles. The lowest BCUT2D eigenvalue weighted by Crippen LogP contribution is -2.39. The highest BCUT2D eigenvalue weighted by atomic mass is 16.7. The van der Waals surface area contributed by atoms with Gasteiger partial charge in [-0.15, -0.1) is 0 Å². The molecule has 1 N–H and O–H groups in total. The van der Waals surface area contributed by atoms with E-state index in [4.69, 9.17) is 9.47 Å². The van der Waals surface area contributed by atoms with Gasteiger partial charge < -0.3 is 24.6 Å². The Labute approximate surface area is 156 Å². The van der Waals surface area contributed by atoms with Crippen molar-refractivity contribution in [2.24, 2.45) is 0 Å². The van der Waals surface area contributed by atoms with Crippen molar-refractivity contribution in [1.29, 1.82) is 0 Å². The number of amides is 3. The van der Waals surface area contributed by atoms with Crippen molar-refractivity contribution in [3.05, 3.63) is 53.9 Å². The Morgan fingerprint density at radius 1 is 1.19 bits per heavy atom. The Morgan fingerprint density at radius 3 is 2.78 bits per heavy atom. The summed E-state index contributed by atoms with van der Waals surface area (Å²) >= 11 is 0. The number of hydrogen-bond donors (Lipinski definition) is 1. The van der Waals surface area contributed by atoms with E-state index in [0.29, 0.717) is 49.8 Å². The average Bonchev–Trinajstić information content (AvgIpc) is 3.33. The van der Waals surface area contributed by atoms with Crippen molar-refractivity contribution in [1.82, 2.24) is 20.1 Å². The summed E-state index contributed by atoms with van der Waals surface area (Å²) in [5.74, 6) is 1.29. The number of aromatic nitrogens is 1. The molecule has 0 unspecified atom stereocenters. The molecule has 27 heavy (non-hydrogen) atoms. The third kappa shape index (κ3) is 3.79. The lowest BCUT2D eigenvalue weighted by atomic mass is 10.1. The summed E-state index contributed by atoms with van der Waals surface area (Å²) in [6.07, 6.45) is 3.19. The number of rotatable bonds is 6. The maximum atomic E-state index is 13.0. The molecule has 0 spiro atoms. The molecule has 1 saturated heterocycles. The van der Waals surface area contributed by atoms with Crippen LogP contribution in [-0.4, -0.2) is 59.7 Å². The molecule has 2 aliphatic rings. The molecular formula is C19H20N4O4. The number of ether oxygens (including phenoxy) is 2. The number of hydrogen-bond acceptors (Lipinski definition) is 5. The highest BCUT2D eigenvalue weighted by Gasteiger charge is 2.23. The Balaban J connectivity index is 1.51. The standard InChI is InChI=1S/C19H20N4O4/c24-18(15-3-5-20-6-4-15)23(10-9-22-8-7-21-19(22)25)12-14-1-2-16-17(11-14)27-13-26-16/h1-6,11H,7-10,12-13H2,(H,21,25). The predicted octanol–water partition coefficient (Wildman–Crippen LogP) is 1.48. The van der Waals surface area contributed by atoms with E-state index >= 15 is 0 Å². The third-order valence-electron chi connectivity index (χ3n) is 4.61.